The van der Waals surface area contributed by atoms with E-state index >= 15 is 0 Å². The van der Waals surface area contributed by atoms with Gasteiger partial charge in [-0.2, -0.15) is 0 Å². The van der Waals surface area contributed by atoms with Crippen LogP contribution in [0, 0.1) is 0 Å². The third-order valence-corrected chi connectivity index (χ3v) is 6.74. The predicted octanol–water partition coefficient (Wildman–Crippen LogP) is -1.74. The minimum atomic E-state index is -1.81. The first-order valence-corrected chi connectivity index (χ1v) is 12.5. The average molecular weight is 569 g/mol. The summed E-state index contributed by atoms with van der Waals surface area (Å²) in [7, 11) is 0. The van der Waals surface area contributed by atoms with Crippen molar-refractivity contribution in [1.82, 2.24) is 0 Å². The van der Waals surface area contributed by atoms with E-state index in [0.29, 0.717) is 0 Å². The van der Waals surface area contributed by atoms with Gasteiger partial charge in [0.15, 0.2) is 18.2 Å². The molecule has 9 atom stereocenters. The van der Waals surface area contributed by atoms with Crippen LogP contribution in [0.15, 0.2) is 36.4 Å². The molecule has 0 bridgehead atoms. The number of aryl methyl sites for hydroxylation is 1. The Morgan fingerprint density at radius 3 is 2.25 bits per heavy atom. The van der Waals surface area contributed by atoms with Crippen LogP contribution in [0.1, 0.15) is 22.3 Å². The standard InChI is InChI=1S/C26H32O14/c27-9-18-21(34)22(35)24(40-25-23(36)20(33)16(32)10-37-25)26(39-18)38-17-8-13(29)7-15(31)19(17)14(30)6-3-11-1-4-12(28)5-2-11/h1-2,4-5,7-8,16,18,20-29,31-36H,3,6,9-10H2/t16-,18+,20+,21-,22-,23-,24+,25+,26+/m0/s1. The molecule has 2 heterocycles. The molecule has 0 aromatic heterocycles. The highest BCUT2D eigenvalue weighted by Crippen LogP contribution is 2.37. The molecule has 9 N–H and O–H groups in total. The topological polar surface area (TPSA) is 236 Å². The van der Waals surface area contributed by atoms with E-state index in [1.165, 1.54) is 12.1 Å². The van der Waals surface area contributed by atoms with Crippen molar-refractivity contribution in [3.8, 4) is 23.0 Å². The lowest BCUT2D eigenvalue weighted by Gasteiger charge is -2.44. The zero-order chi connectivity index (χ0) is 29.1. The van der Waals surface area contributed by atoms with Crippen LogP contribution >= 0.6 is 0 Å². The quantitative estimate of drug-likeness (QED) is 0.153. The molecule has 0 unspecified atom stereocenters. The fourth-order valence-corrected chi connectivity index (χ4v) is 4.48. The van der Waals surface area contributed by atoms with Crippen LogP contribution in [-0.4, -0.2) is 120 Å². The maximum absolute atomic E-state index is 13.1. The van der Waals surface area contributed by atoms with Crippen molar-refractivity contribution in [2.75, 3.05) is 13.2 Å². The fraction of sp³-hybridized carbons (Fsp3) is 0.500. The highest BCUT2D eigenvalue weighted by Gasteiger charge is 2.50. The smallest absolute Gasteiger partial charge is 0.229 e. The zero-order valence-electron chi connectivity index (χ0n) is 21.1. The summed E-state index contributed by atoms with van der Waals surface area (Å²) in [4.78, 5) is 13.1. The Morgan fingerprint density at radius 1 is 0.875 bits per heavy atom. The number of Topliss-reactive ketones (excluding diaryl/α,β-unsaturated/α-hetero) is 1. The van der Waals surface area contributed by atoms with E-state index in [1.54, 1.807) is 12.1 Å². The van der Waals surface area contributed by atoms with E-state index in [0.717, 1.165) is 17.7 Å². The van der Waals surface area contributed by atoms with Gasteiger partial charge < -0.3 is 64.9 Å². The number of ether oxygens (including phenoxy) is 4. The van der Waals surface area contributed by atoms with Gasteiger partial charge in [-0.25, -0.2) is 0 Å². The minimum absolute atomic E-state index is 0.0523. The Hall–Kier alpha value is -3.05. The maximum Gasteiger partial charge on any atom is 0.229 e. The van der Waals surface area contributed by atoms with Crippen LogP contribution in [0.5, 0.6) is 23.0 Å². The molecule has 2 fully saturated rings. The Bertz CT molecular complexity index is 1160. The first-order valence-electron chi connectivity index (χ1n) is 12.5. The third-order valence-electron chi connectivity index (χ3n) is 6.74. The number of aliphatic hydroxyl groups is 6. The number of rotatable bonds is 9. The molecule has 2 aromatic rings. The lowest BCUT2D eigenvalue weighted by Crippen LogP contribution is -2.63. The van der Waals surface area contributed by atoms with E-state index in [2.05, 4.69) is 0 Å². The number of carbonyl (C=O) groups excluding carboxylic acids is 1. The second-order valence-electron chi connectivity index (χ2n) is 9.60. The monoisotopic (exact) mass is 568 g/mol. The molecule has 0 amide bonds. The van der Waals surface area contributed by atoms with Crippen molar-refractivity contribution in [2.24, 2.45) is 0 Å². The first kappa shape index (κ1) is 29.9. The van der Waals surface area contributed by atoms with Crippen molar-refractivity contribution in [3.63, 3.8) is 0 Å². The van der Waals surface area contributed by atoms with Crippen LogP contribution < -0.4 is 4.74 Å². The molecule has 220 valence electrons. The Balaban J connectivity index is 1.59. The number of aromatic hydroxyl groups is 3. The van der Waals surface area contributed by atoms with Crippen LogP contribution in [-0.2, 0) is 20.6 Å². The summed E-state index contributed by atoms with van der Waals surface area (Å²) >= 11 is 0. The normalized spacial score (nSPS) is 32.5. The van der Waals surface area contributed by atoms with E-state index in [4.69, 9.17) is 18.9 Å². The highest BCUT2D eigenvalue weighted by atomic mass is 16.8. The summed E-state index contributed by atoms with van der Waals surface area (Å²) in [5.41, 5.74) is 0.379. The van der Waals surface area contributed by atoms with Crippen molar-refractivity contribution in [3.05, 3.63) is 47.5 Å². The number of ketones is 1. The maximum atomic E-state index is 13.1. The molecule has 2 aromatic carbocycles. The van der Waals surface area contributed by atoms with Crippen molar-refractivity contribution >= 4 is 5.78 Å². The molecule has 0 spiro atoms. The molecule has 2 aliphatic heterocycles. The van der Waals surface area contributed by atoms with Gasteiger partial charge in [-0.1, -0.05) is 12.1 Å². The van der Waals surface area contributed by atoms with Crippen molar-refractivity contribution < 1.29 is 69.7 Å². The summed E-state index contributed by atoms with van der Waals surface area (Å²) in [6, 6.07) is 8.07. The van der Waals surface area contributed by atoms with Gasteiger partial charge in [0.1, 0.15) is 65.2 Å². The largest absolute Gasteiger partial charge is 0.508 e. The lowest BCUT2D eigenvalue weighted by molar-refractivity contribution is -0.345. The van der Waals surface area contributed by atoms with Crippen LogP contribution in [0.25, 0.3) is 0 Å². The number of aliphatic hydroxyl groups excluding tert-OH is 6. The number of phenolic OH excluding ortho intramolecular Hbond substituents is 3. The first-order chi connectivity index (χ1) is 19.0. The van der Waals surface area contributed by atoms with E-state index < -0.39 is 85.8 Å². The van der Waals surface area contributed by atoms with E-state index in [9.17, 15) is 50.8 Å². The van der Waals surface area contributed by atoms with Crippen molar-refractivity contribution in [1.29, 1.82) is 0 Å². The summed E-state index contributed by atoms with van der Waals surface area (Å²) in [5.74, 6) is -2.04. The van der Waals surface area contributed by atoms with Crippen LogP contribution in [0.2, 0.25) is 0 Å². The van der Waals surface area contributed by atoms with E-state index in [1.807, 2.05) is 0 Å². The fourth-order valence-electron chi connectivity index (χ4n) is 4.48. The van der Waals surface area contributed by atoms with Gasteiger partial charge in [-0.05, 0) is 24.1 Å². The predicted molar refractivity (Wildman–Crippen MR) is 132 cm³/mol. The summed E-state index contributed by atoms with van der Waals surface area (Å²) in [6.07, 6.45) is -14.6. The number of carbonyl (C=O) groups is 1. The van der Waals surface area contributed by atoms with Crippen molar-refractivity contribution in [2.45, 2.75) is 68.1 Å². The van der Waals surface area contributed by atoms with Gasteiger partial charge in [0.2, 0.25) is 6.29 Å². The summed E-state index contributed by atoms with van der Waals surface area (Å²) < 4.78 is 22.1. The van der Waals surface area contributed by atoms with Gasteiger partial charge in [-0.3, -0.25) is 4.79 Å². The summed E-state index contributed by atoms with van der Waals surface area (Å²) in [5, 5.41) is 90.8. The molecule has 14 nitrogen and oxygen atoms in total. The Kier molecular flexibility index (Phi) is 9.45. The number of hydrogen-bond donors (Lipinski definition) is 9. The molecule has 4 rings (SSSR count). The number of hydrogen-bond acceptors (Lipinski definition) is 14. The van der Waals surface area contributed by atoms with Gasteiger partial charge in [0, 0.05) is 18.6 Å². The molecule has 0 aliphatic carbocycles. The van der Waals surface area contributed by atoms with Gasteiger partial charge in [-0.15, -0.1) is 0 Å². The Labute approximate surface area is 227 Å². The average Bonchev–Trinajstić information content (AvgIpc) is 2.91. The van der Waals surface area contributed by atoms with Gasteiger partial charge in [0.25, 0.3) is 0 Å². The lowest BCUT2D eigenvalue weighted by atomic mass is 9.98. The zero-order valence-corrected chi connectivity index (χ0v) is 21.1. The number of benzene rings is 2. The molecule has 40 heavy (non-hydrogen) atoms. The number of phenols is 3. The van der Waals surface area contributed by atoms with E-state index in [-0.39, 0.29) is 29.9 Å². The van der Waals surface area contributed by atoms with Gasteiger partial charge in [0.05, 0.1) is 13.2 Å². The minimum Gasteiger partial charge on any atom is -0.508 e. The van der Waals surface area contributed by atoms with Gasteiger partial charge >= 0.3 is 0 Å². The molecular weight excluding hydrogens is 536 g/mol. The molecule has 2 saturated heterocycles. The molecule has 0 radical (unpaired) electrons. The SMILES string of the molecule is O=C(CCc1ccc(O)cc1)c1c(O)cc(O)cc1O[C@@H]1O[C@H](CO)[C@H](O)[C@H](O)[C@H]1O[C@H]1OC[C@H](O)[C@@H](O)[C@@H]1O. The second kappa shape index (κ2) is 12.6. The second-order valence-corrected chi connectivity index (χ2v) is 9.60. The van der Waals surface area contributed by atoms with Crippen LogP contribution in [0.4, 0.5) is 0 Å². The Morgan fingerprint density at radius 2 is 1.57 bits per heavy atom. The molecule has 14 heteroatoms. The summed E-state index contributed by atoms with van der Waals surface area (Å²) in [6.45, 7) is -1.19. The third kappa shape index (κ3) is 6.46. The molecule has 0 saturated carbocycles. The molecule has 2 aliphatic rings. The highest BCUT2D eigenvalue weighted by molar-refractivity contribution is 6.01. The molecular formula is C26H32O14. The van der Waals surface area contributed by atoms with Crippen LogP contribution in [0.3, 0.4) is 0 Å².